The fourth-order valence-electron chi connectivity index (χ4n) is 2.07. The minimum absolute atomic E-state index is 0.0539. The smallest absolute Gasteiger partial charge is 0.269 e. The number of nitro groups is 1. The molecule has 22 heavy (non-hydrogen) atoms. The quantitative estimate of drug-likeness (QED) is 0.373. The Morgan fingerprint density at radius 2 is 2.23 bits per heavy atom. The minimum atomic E-state index is -0.432. The second-order valence-electron chi connectivity index (χ2n) is 4.96. The lowest BCUT2D eigenvalue weighted by Crippen LogP contribution is -2.37. The van der Waals surface area contributed by atoms with E-state index in [2.05, 4.69) is 15.8 Å². The topological polar surface area (TPSA) is 88.8 Å². The third kappa shape index (κ3) is 4.74. The lowest BCUT2D eigenvalue weighted by atomic mass is 10.1. The van der Waals surface area contributed by atoms with Crippen molar-refractivity contribution in [1.82, 2.24) is 10.7 Å². The zero-order chi connectivity index (χ0) is 15.9. The summed E-state index contributed by atoms with van der Waals surface area (Å²) >= 11 is 5.14. The van der Waals surface area contributed by atoms with Crippen molar-refractivity contribution >= 4 is 28.7 Å². The van der Waals surface area contributed by atoms with Crippen LogP contribution < -0.4 is 10.7 Å². The Hall–Kier alpha value is -2.06. The molecule has 1 aliphatic heterocycles. The van der Waals surface area contributed by atoms with Crippen LogP contribution in [0.15, 0.2) is 29.4 Å². The van der Waals surface area contributed by atoms with Gasteiger partial charge in [0.1, 0.15) is 0 Å². The Morgan fingerprint density at radius 3 is 2.82 bits per heavy atom. The monoisotopic (exact) mass is 322 g/mol. The molecule has 0 radical (unpaired) electrons. The van der Waals surface area contributed by atoms with E-state index < -0.39 is 4.92 Å². The van der Waals surface area contributed by atoms with Crippen LogP contribution in [0.2, 0.25) is 0 Å². The van der Waals surface area contributed by atoms with Gasteiger partial charge in [-0.05, 0) is 49.7 Å². The highest BCUT2D eigenvalue weighted by molar-refractivity contribution is 7.80. The molecule has 118 valence electrons. The molecule has 1 aromatic carbocycles. The van der Waals surface area contributed by atoms with Crippen LogP contribution in [-0.2, 0) is 4.74 Å². The van der Waals surface area contributed by atoms with Crippen LogP contribution in [0.1, 0.15) is 25.3 Å². The maximum atomic E-state index is 10.6. The summed E-state index contributed by atoms with van der Waals surface area (Å²) in [6, 6.07) is 6.20. The van der Waals surface area contributed by atoms with Gasteiger partial charge < -0.3 is 10.1 Å². The van der Waals surface area contributed by atoms with Crippen molar-refractivity contribution in [3.05, 3.63) is 39.9 Å². The van der Waals surface area contributed by atoms with Crippen LogP contribution in [0.25, 0.3) is 0 Å². The van der Waals surface area contributed by atoms with E-state index in [0.29, 0.717) is 17.4 Å². The summed E-state index contributed by atoms with van der Waals surface area (Å²) < 4.78 is 5.49. The summed E-state index contributed by atoms with van der Waals surface area (Å²) in [4.78, 5) is 10.2. The van der Waals surface area contributed by atoms with Crippen molar-refractivity contribution in [2.75, 3.05) is 13.2 Å². The Balaban J connectivity index is 1.83. The zero-order valence-electron chi connectivity index (χ0n) is 12.2. The second-order valence-corrected chi connectivity index (χ2v) is 5.37. The highest BCUT2D eigenvalue weighted by Gasteiger charge is 2.15. The van der Waals surface area contributed by atoms with E-state index in [0.717, 1.165) is 25.0 Å². The van der Waals surface area contributed by atoms with Crippen molar-refractivity contribution in [1.29, 1.82) is 0 Å². The average Bonchev–Trinajstić information content (AvgIpc) is 3.04. The van der Waals surface area contributed by atoms with E-state index in [1.807, 2.05) is 0 Å². The molecule has 0 amide bonds. The zero-order valence-corrected chi connectivity index (χ0v) is 13.1. The van der Waals surface area contributed by atoms with Crippen molar-refractivity contribution in [3.8, 4) is 0 Å². The molecule has 1 heterocycles. The van der Waals surface area contributed by atoms with E-state index >= 15 is 0 Å². The molecule has 8 heteroatoms. The van der Waals surface area contributed by atoms with E-state index in [-0.39, 0.29) is 11.8 Å². The molecule has 1 aliphatic rings. The summed E-state index contributed by atoms with van der Waals surface area (Å²) in [6.07, 6.45) is 2.34. The molecule has 1 fully saturated rings. The molecule has 1 atom stereocenters. The van der Waals surface area contributed by atoms with Crippen molar-refractivity contribution in [2.24, 2.45) is 5.10 Å². The van der Waals surface area contributed by atoms with E-state index in [4.69, 9.17) is 17.0 Å². The van der Waals surface area contributed by atoms with Crippen molar-refractivity contribution in [3.63, 3.8) is 0 Å². The highest BCUT2D eigenvalue weighted by atomic mass is 32.1. The first-order valence-corrected chi connectivity index (χ1v) is 7.41. The normalized spacial score (nSPS) is 18.0. The SMILES string of the molecule is C/C(=N\NC(=S)NCC1CCCO1)c1ccc([N+](=O)[O-])cc1. The molecule has 0 spiro atoms. The number of hydrogen-bond donors (Lipinski definition) is 2. The number of nitrogens with zero attached hydrogens (tertiary/aromatic N) is 2. The summed E-state index contributed by atoms with van der Waals surface area (Å²) in [5.41, 5.74) is 4.30. The Kier molecular flexibility index (Phi) is 5.79. The van der Waals surface area contributed by atoms with Gasteiger partial charge in [0.25, 0.3) is 5.69 Å². The van der Waals surface area contributed by atoms with Crippen LogP contribution in [0.4, 0.5) is 5.69 Å². The number of benzene rings is 1. The number of rotatable bonds is 5. The number of hydrazone groups is 1. The Morgan fingerprint density at radius 1 is 1.50 bits per heavy atom. The van der Waals surface area contributed by atoms with Gasteiger partial charge in [0.05, 0.1) is 16.7 Å². The summed E-state index contributed by atoms with van der Waals surface area (Å²) in [7, 11) is 0. The largest absolute Gasteiger partial charge is 0.376 e. The van der Waals surface area contributed by atoms with Crippen LogP contribution in [0, 0.1) is 10.1 Å². The van der Waals surface area contributed by atoms with Crippen LogP contribution in [0.5, 0.6) is 0 Å². The van der Waals surface area contributed by atoms with Gasteiger partial charge >= 0.3 is 0 Å². The fourth-order valence-corrected chi connectivity index (χ4v) is 2.20. The fraction of sp³-hybridized carbons (Fsp3) is 0.429. The molecule has 0 bridgehead atoms. The number of non-ortho nitro benzene ring substituents is 1. The molecule has 1 saturated heterocycles. The first-order valence-electron chi connectivity index (χ1n) is 7.01. The number of thiocarbonyl (C=S) groups is 1. The molecule has 2 rings (SSSR count). The van der Waals surface area contributed by atoms with Gasteiger partial charge in [0.15, 0.2) is 5.11 Å². The molecule has 1 aromatic rings. The molecule has 2 N–H and O–H groups in total. The Bertz CT molecular complexity index is 568. The molecular weight excluding hydrogens is 304 g/mol. The number of ether oxygens (including phenoxy) is 1. The van der Waals surface area contributed by atoms with Crippen LogP contribution in [-0.4, -0.2) is 35.0 Å². The average molecular weight is 322 g/mol. The minimum Gasteiger partial charge on any atom is -0.376 e. The third-order valence-electron chi connectivity index (χ3n) is 3.34. The Labute approximate surface area is 133 Å². The molecule has 0 saturated carbocycles. The lowest BCUT2D eigenvalue weighted by molar-refractivity contribution is -0.384. The first kappa shape index (κ1) is 16.3. The van der Waals surface area contributed by atoms with Gasteiger partial charge in [0.2, 0.25) is 0 Å². The summed E-state index contributed by atoms with van der Waals surface area (Å²) in [5.74, 6) is 0. The summed E-state index contributed by atoms with van der Waals surface area (Å²) in [5, 5.41) is 18.3. The first-order chi connectivity index (χ1) is 10.6. The van der Waals surface area contributed by atoms with E-state index in [1.165, 1.54) is 12.1 Å². The molecule has 1 unspecified atom stereocenters. The van der Waals surface area contributed by atoms with Crippen molar-refractivity contribution < 1.29 is 9.66 Å². The maximum absolute atomic E-state index is 10.6. The van der Waals surface area contributed by atoms with Gasteiger partial charge in [-0.15, -0.1) is 0 Å². The van der Waals surface area contributed by atoms with E-state index in [9.17, 15) is 10.1 Å². The summed E-state index contributed by atoms with van der Waals surface area (Å²) in [6.45, 7) is 3.28. The van der Waals surface area contributed by atoms with Gasteiger partial charge in [0, 0.05) is 25.3 Å². The lowest BCUT2D eigenvalue weighted by Gasteiger charge is -2.12. The number of hydrogen-bond acceptors (Lipinski definition) is 5. The predicted molar refractivity (Wildman–Crippen MR) is 88.0 cm³/mol. The number of nitrogens with one attached hydrogen (secondary N) is 2. The van der Waals surface area contributed by atoms with Gasteiger partial charge in [-0.1, -0.05) is 0 Å². The molecule has 0 aromatic heterocycles. The van der Waals surface area contributed by atoms with Gasteiger partial charge in [-0.3, -0.25) is 15.5 Å². The van der Waals surface area contributed by atoms with Crippen LogP contribution >= 0.6 is 12.2 Å². The standard InChI is InChI=1S/C14H18N4O3S/c1-10(11-4-6-12(7-5-11)18(19)20)16-17-14(22)15-9-13-3-2-8-21-13/h4-7,13H,2-3,8-9H2,1H3,(H2,15,17,22)/b16-10+. The van der Waals surface area contributed by atoms with Crippen molar-refractivity contribution in [2.45, 2.75) is 25.9 Å². The van der Waals surface area contributed by atoms with Crippen LogP contribution in [0.3, 0.4) is 0 Å². The number of nitro benzene ring substituents is 1. The van der Waals surface area contributed by atoms with Gasteiger partial charge in [-0.25, -0.2) is 0 Å². The molecule has 0 aliphatic carbocycles. The third-order valence-corrected chi connectivity index (χ3v) is 3.57. The highest BCUT2D eigenvalue weighted by Crippen LogP contribution is 2.12. The van der Waals surface area contributed by atoms with E-state index in [1.54, 1.807) is 19.1 Å². The maximum Gasteiger partial charge on any atom is 0.269 e. The predicted octanol–water partition coefficient (Wildman–Crippen LogP) is 1.96. The van der Waals surface area contributed by atoms with Gasteiger partial charge in [-0.2, -0.15) is 5.10 Å². The second kappa shape index (κ2) is 7.81. The molecular formula is C14H18N4O3S. The molecule has 7 nitrogen and oxygen atoms in total.